The lowest BCUT2D eigenvalue weighted by molar-refractivity contribution is -0.127. The quantitative estimate of drug-likeness (QED) is 0.0140. The topological polar surface area (TPSA) is 350 Å². The number of aryl methyl sites for hydroxylation is 1. The number of aromatic nitrogens is 8. The van der Waals surface area contributed by atoms with Crippen molar-refractivity contribution >= 4 is 218 Å². The average Bonchev–Trinajstić information content (AvgIpc) is 1.19. The van der Waals surface area contributed by atoms with Crippen molar-refractivity contribution < 1.29 is 46.4 Å². The van der Waals surface area contributed by atoms with Crippen molar-refractivity contribution in [3.8, 4) is 17.2 Å². The fourth-order valence-corrected chi connectivity index (χ4v) is 21.4. The van der Waals surface area contributed by atoms with Crippen molar-refractivity contribution in [2.45, 2.75) is 51.6 Å². The van der Waals surface area contributed by atoms with Gasteiger partial charge in [-0.3, -0.25) is 14.6 Å². The summed E-state index contributed by atoms with van der Waals surface area (Å²) in [6, 6.07) is 50.7. The normalized spacial score (nSPS) is 14.5. The SMILES string of the molecule is COc1cc(CN2CCOCC2)ccc1Nc1ncc(Cl)c(Nc2ccccc2P(C)(C)=O)n1.COc1cc(N2CCC(N3CCN(C)CC3)CC2)ccc1Nc1ncc(Cl)c(Nc2c(F)cccc2P(C)(C)=O)n1.COc1cc(NCCCN2CCCC2=O)ccc1Nc1ncc(Cl)c(Nc2ccccc2P(C)(C)=O)n1.Cc1cc(Cl)ccc1Nc1ncc(Cl)c(Nc2ccccc2P(C)(C)=O)n1. The molecule has 31 nitrogen and oxygen atoms in total. The van der Waals surface area contributed by atoms with Gasteiger partial charge in [-0.1, -0.05) is 107 Å². The number of nitrogens with one attached hydrogen (secondary N) is 9. The zero-order chi connectivity index (χ0) is 99.3. The Hall–Kier alpha value is -10.9. The van der Waals surface area contributed by atoms with Crippen molar-refractivity contribution in [2.24, 2.45) is 0 Å². The number of benzene rings is 8. The van der Waals surface area contributed by atoms with E-state index in [4.69, 9.17) is 77.0 Å². The Morgan fingerprint density at radius 2 is 0.885 bits per heavy atom. The molecule has 0 aliphatic carbocycles. The van der Waals surface area contributed by atoms with Crippen molar-refractivity contribution in [1.29, 1.82) is 0 Å². The number of hydrogen-bond acceptors (Lipinski definition) is 30. The van der Waals surface area contributed by atoms with Crippen molar-refractivity contribution in [1.82, 2.24) is 59.5 Å². The largest absolute Gasteiger partial charge is 0.495 e. The number of morpholine rings is 1. The van der Waals surface area contributed by atoms with Gasteiger partial charge in [0.05, 0.1) is 99.1 Å². The molecule has 0 unspecified atom stereocenters. The van der Waals surface area contributed by atoms with E-state index in [2.05, 4.69) is 127 Å². The van der Waals surface area contributed by atoms with Crippen LogP contribution >= 0.6 is 86.6 Å². The van der Waals surface area contributed by atoms with E-state index in [1.165, 1.54) is 36.9 Å². The van der Waals surface area contributed by atoms with Gasteiger partial charge >= 0.3 is 0 Å². The number of para-hydroxylation sites is 4. The highest BCUT2D eigenvalue weighted by molar-refractivity contribution is 7.71. The third-order valence-electron chi connectivity index (χ3n) is 23.3. The zero-order valence-electron chi connectivity index (χ0n) is 80.0. The van der Waals surface area contributed by atoms with Crippen LogP contribution < -0.4 is 88.2 Å². The number of piperidine rings is 1. The number of halogens is 6. The monoisotopic (exact) mass is 2060 g/mol. The number of likely N-dealkylation sites (N-methyl/N-ethyl adjacent to an activating group) is 1. The smallest absolute Gasteiger partial charge is 0.229 e. The van der Waals surface area contributed by atoms with Gasteiger partial charge in [0.25, 0.3) is 0 Å². The fourth-order valence-electron chi connectivity index (χ4n) is 16.0. The number of amides is 1. The zero-order valence-corrected chi connectivity index (χ0v) is 87.3. The molecule has 4 aromatic heterocycles. The van der Waals surface area contributed by atoms with Crippen LogP contribution in [0.3, 0.4) is 0 Å². The second kappa shape index (κ2) is 48.5. The number of anilines is 18. The van der Waals surface area contributed by atoms with Gasteiger partial charge in [0.15, 0.2) is 23.3 Å². The molecule has 8 aromatic carbocycles. The van der Waals surface area contributed by atoms with E-state index >= 15 is 0 Å². The van der Waals surface area contributed by atoms with Crippen LogP contribution in [0.25, 0.3) is 0 Å². The van der Waals surface area contributed by atoms with E-state index in [-0.39, 0.29) is 28.4 Å². The predicted octanol–water partition coefficient (Wildman–Crippen LogP) is 21.1. The van der Waals surface area contributed by atoms with E-state index in [1.54, 1.807) is 86.8 Å². The maximum Gasteiger partial charge on any atom is 0.229 e. The summed E-state index contributed by atoms with van der Waals surface area (Å²) in [6.45, 7) is 28.7. The lowest BCUT2D eigenvalue weighted by atomic mass is 10.0. The molecule has 9 N–H and O–H groups in total. The Morgan fingerprint density at radius 3 is 1.35 bits per heavy atom. The molecule has 41 heteroatoms. The molecule has 0 bridgehead atoms. The van der Waals surface area contributed by atoms with E-state index in [1.807, 2.05) is 139 Å². The number of hydrogen-bond donors (Lipinski definition) is 9. The lowest BCUT2D eigenvalue weighted by Gasteiger charge is -2.42. The van der Waals surface area contributed by atoms with Crippen LogP contribution in [0, 0.1) is 12.7 Å². The molecular formula is C98H118Cl5FN22O9P4. The first-order chi connectivity index (χ1) is 66.4. The summed E-state index contributed by atoms with van der Waals surface area (Å²) in [6.07, 6.45) is 10.8. The first kappa shape index (κ1) is 105. The number of piperazine rings is 1. The molecule has 4 aliphatic heterocycles. The maximum atomic E-state index is 14.8. The Bertz CT molecular complexity index is 6510. The Balaban J connectivity index is 0.000000158. The molecule has 4 aliphatic rings. The molecule has 139 heavy (non-hydrogen) atoms. The highest BCUT2D eigenvalue weighted by atomic mass is 35.5. The maximum absolute atomic E-state index is 14.8. The summed E-state index contributed by atoms with van der Waals surface area (Å²) in [5.41, 5.74) is 9.30. The fraction of sp³-hybridized carbons (Fsp3) is 0.337. The minimum atomic E-state index is -2.77. The van der Waals surface area contributed by atoms with Crippen LogP contribution in [0.5, 0.6) is 17.2 Å². The van der Waals surface area contributed by atoms with Gasteiger partial charge in [0, 0.05) is 146 Å². The summed E-state index contributed by atoms with van der Waals surface area (Å²) in [4.78, 5) is 58.6. The molecule has 736 valence electrons. The predicted molar refractivity (Wildman–Crippen MR) is 571 cm³/mol. The molecule has 0 saturated carbocycles. The number of nitrogens with zero attached hydrogens (tertiary/aromatic N) is 13. The molecular weight excluding hydrogens is 1950 g/mol. The van der Waals surface area contributed by atoms with Crippen LogP contribution in [0.2, 0.25) is 25.1 Å². The second-order valence-corrected chi connectivity index (χ2v) is 50.0. The summed E-state index contributed by atoms with van der Waals surface area (Å²) < 4.78 is 87.9. The summed E-state index contributed by atoms with van der Waals surface area (Å²) >= 11 is 31.4. The van der Waals surface area contributed by atoms with Crippen molar-refractivity contribution in [3.05, 3.63) is 231 Å². The number of rotatable bonds is 32. The van der Waals surface area contributed by atoms with Gasteiger partial charge in [-0.25, -0.2) is 24.3 Å². The molecule has 4 fully saturated rings. The molecule has 1 amide bonds. The third kappa shape index (κ3) is 29.6. The third-order valence-corrected chi connectivity index (χ3v) is 30.9. The minimum absolute atomic E-state index is 0.0886. The van der Waals surface area contributed by atoms with Crippen LogP contribution in [0.15, 0.2) is 189 Å². The molecule has 12 aromatic rings. The van der Waals surface area contributed by atoms with Gasteiger partial charge in [0.2, 0.25) is 29.7 Å². The number of likely N-dealkylation sites (tertiary alicyclic amines) is 1. The Labute approximate surface area is 836 Å². The molecule has 16 rings (SSSR count). The highest BCUT2D eigenvalue weighted by Crippen LogP contribution is 2.45. The van der Waals surface area contributed by atoms with Crippen molar-refractivity contribution in [3.63, 3.8) is 0 Å². The number of carbonyl (C=O) groups excluding carboxylic acids is 1. The summed E-state index contributed by atoms with van der Waals surface area (Å²) in [5.74, 6) is 4.46. The second-order valence-electron chi connectivity index (χ2n) is 35.2. The van der Waals surface area contributed by atoms with Crippen LogP contribution in [0.4, 0.5) is 108 Å². The van der Waals surface area contributed by atoms with Crippen molar-refractivity contribution in [2.75, 3.05) is 220 Å². The summed E-state index contributed by atoms with van der Waals surface area (Å²) in [5, 5.41) is 33.2. The first-order valence-corrected chi connectivity index (χ1v) is 57.6. The van der Waals surface area contributed by atoms with E-state index in [0.29, 0.717) is 119 Å². The highest BCUT2D eigenvalue weighted by Gasteiger charge is 2.30. The van der Waals surface area contributed by atoms with Gasteiger partial charge in [-0.2, -0.15) is 19.9 Å². The van der Waals surface area contributed by atoms with Crippen LogP contribution in [-0.2, 0) is 34.3 Å². The van der Waals surface area contributed by atoms with E-state index in [9.17, 15) is 27.4 Å². The number of carbonyl (C=O) groups is 1. The van der Waals surface area contributed by atoms with Crippen LogP contribution in [-0.4, -0.2) is 238 Å². The van der Waals surface area contributed by atoms with Gasteiger partial charge in [0.1, 0.15) is 71.7 Å². The Morgan fingerprint density at radius 1 is 0.453 bits per heavy atom. The molecule has 0 atom stereocenters. The molecule has 0 radical (unpaired) electrons. The van der Waals surface area contributed by atoms with E-state index < -0.39 is 34.4 Å². The van der Waals surface area contributed by atoms with Gasteiger partial charge in [-0.15, -0.1) is 0 Å². The number of ether oxygens (including phenoxy) is 4. The lowest BCUT2D eigenvalue weighted by Crippen LogP contribution is -2.52. The van der Waals surface area contributed by atoms with Gasteiger partial charge in [-0.05, 0) is 207 Å². The molecule has 0 spiro atoms. The average molecular weight is 2070 g/mol. The molecule has 4 saturated heterocycles. The number of methoxy groups -OCH3 is 3. The summed E-state index contributed by atoms with van der Waals surface area (Å²) in [7, 11) is -3.18. The van der Waals surface area contributed by atoms with Crippen LogP contribution in [0.1, 0.15) is 43.2 Å². The van der Waals surface area contributed by atoms with Gasteiger partial charge < -0.3 is 99.8 Å². The standard InChI is InChI=1S/C29H38ClFN7O2P.C26H32ClN6O3P.C24H29ClN5O3P.C19H19Cl2N4OP/c1-36-14-16-38(17-15-36)20-10-12-37(13-11-20)21-8-9-24(25(18-21)40-2)33-29-32-19-22(30)28(35-29)34-27-23(31)6-5-7-26(27)41(3,4)39;1-36-22-16-18(28-13-7-15-33-14-6-10-24(33)34)11-12-20(22)31-26-29-17-19(27)25(32-26)30-21-8-4-5-9-23(21)37(2,3)35;1-32-21-14-17(16-30-10-12-33-13-11-30)8-9-19(21)28-24-26-15-18(25)23(29-24)27-20-6-4-5-7-22(20)34(2,3)31;1-12-10-13(20)8-9-15(12)24-19-22-11-14(21)18(25-19)23-16-6-4-5-7-17(16)27(2,3)26/h5-9,18-20H,10-17H2,1-4H3,(H2,32,33,34,35);4-5,8-9,11-12,16-17,28H,6-7,10,13-15H2,1-3H3,(H2,29,30,31,32);4-9,14-15H,10-13,16H2,1-3H3,(H2,26,27,28,29);4-11H,1-3H3,(H2,22,23,24,25). The van der Waals surface area contributed by atoms with E-state index in [0.717, 1.165) is 167 Å². The Kier molecular flexibility index (Phi) is 36.8. The first-order valence-electron chi connectivity index (χ1n) is 45.3. The minimum Gasteiger partial charge on any atom is -0.495 e. The molecule has 8 heterocycles.